The van der Waals surface area contributed by atoms with Crippen LogP contribution in [0.5, 0.6) is 5.75 Å². The van der Waals surface area contributed by atoms with E-state index in [-0.39, 0.29) is 28.8 Å². The summed E-state index contributed by atoms with van der Waals surface area (Å²) in [6, 6.07) is 6.97. The van der Waals surface area contributed by atoms with Crippen LogP contribution in [0.3, 0.4) is 0 Å². The second-order valence-corrected chi connectivity index (χ2v) is 9.97. The Balaban J connectivity index is 0.000000350. The van der Waals surface area contributed by atoms with Gasteiger partial charge in [-0.25, -0.2) is 17.6 Å². The smallest absolute Gasteiger partial charge is 0.260 e. The van der Waals surface area contributed by atoms with Crippen molar-refractivity contribution in [3.8, 4) is 5.75 Å². The molecule has 2 rings (SSSR count). The van der Waals surface area contributed by atoms with Crippen molar-refractivity contribution in [3.05, 3.63) is 53.6 Å². The number of hydrogen-bond acceptors (Lipinski definition) is 5. The molecule has 0 saturated carbocycles. The average molecular weight is 554 g/mol. The van der Waals surface area contributed by atoms with Gasteiger partial charge in [0.15, 0.2) is 11.6 Å². The number of ether oxygens (including phenoxy) is 1. The molecule has 0 heterocycles. The number of halogens is 4. The van der Waals surface area contributed by atoms with Gasteiger partial charge in [-0.1, -0.05) is 6.07 Å². The van der Waals surface area contributed by atoms with Crippen molar-refractivity contribution < 1.29 is 48.9 Å². The molecule has 0 fully saturated rings. The number of phenols is 1. The van der Waals surface area contributed by atoms with Crippen LogP contribution in [0.15, 0.2) is 36.4 Å². The van der Waals surface area contributed by atoms with Crippen LogP contribution in [0, 0.1) is 11.6 Å². The second-order valence-electron chi connectivity index (χ2n) is 6.67. The molecule has 2 amide bonds. The third-order valence-electron chi connectivity index (χ3n) is 4.04. The number of rotatable bonds is 8. The molecule has 0 aliphatic heterocycles. The predicted molar refractivity (Wildman–Crippen MR) is 113 cm³/mol. The fraction of sp³-hybridized carbons (Fsp3) is 0.300. The fourth-order valence-electron chi connectivity index (χ4n) is 2.44. The van der Waals surface area contributed by atoms with Crippen molar-refractivity contribution in [1.82, 2.24) is 5.32 Å². The van der Waals surface area contributed by atoms with Gasteiger partial charge in [0.25, 0.3) is 5.91 Å². The molecule has 0 spiro atoms. The summed E-state index contributed by atoms with van der Waals surface area (Å²) in [6.07, 6.45) is -4.59. The third-order valence-corrected chi connectivity index (χ3v) is 6.14. The van der Waals surface area contributed by atoms with Gasteiger partial charge in [0.05, 0.1) is 0 Å². The van der Waals surface area contributed by atoms with Crippen molar-refractivity contribution in [3.63, 3.8) is 0 Å². The van der Waals surface area contributed by atoms with Crippen molar-refractivity contribution >= 4 is 36.0 Å². The van der Waals surface area contributed by atoms with Crippen LogP contribution in [0.1, 0.15) is 12.5 Å². The van der Waals surface area contributed by atoms with Gasteiger partial charge in [0.1, 0.15) is 0 Å². The van der Waals surface area contributed by atoms with E-state index in [1.807, 2.05) is 0 Å². The first-order chi connectivity index (χ1) is 15.8. The van der Waals surface area contributed by atoms with Gasteiger partial charge in [0, 0.05) is 13.7 Å². The largest absolute Gasteiger partial charge is 0.353 e. The Kier molecular flexibility index (Phi) is 11.3. The second kappa shape index (κ2) is 13.1. The minimum atomic E-state index is -5.14. The molecule has 34 heavy (non-hydrogen) atoms. The molecule has 0 bridgehead atoms. The molecular formula is C20H23AsF4N2O7. The normalized spacial score (nSPS) is 12.7. The number of methoxy groups -OCH3 is 1. The number of amides is 2. The summed E-state index contributed by atoms with van der Waals surface area (Å²) in [5.41, 5.74) is 0.204. The van der Waals surface area contributed by atoms with Crippen LogP contribution in [0.4, 0.5) is 23.2 Å². The fourth-order valence-corrected chi connectivity index (χ4v) is 3.99. The Hall–Kier alpha value is -2.86. The van der Waals surface area contributed by atoms with E-state index in [0.717, 1.165) is 19.2 Å². The van der Waals surface area contributed by atoms with E-state index in [4.69, 9.17) is 8.19 Å². The first kappa shape index (κ1) is 29.2. The van der Waals surface area contributed by atoms with Crippen LogP contribution in [-0.2, 0) is 24.5 Å². The number of aromatic hydroxyl groups is 1. The summed E-state index contributed by atoms with van der Waals surface area (Å²) < 4.78 is 84.0. The Labute approximate surface area is 194 Å². The first-order valence-corrected chi connectivity index (χ1v) is 12.8. The van der Waals surface area contributed by atoms with Crippen LogP contribution in [0.25, 0.3) is 0 Å². The Morgan fingerprint density at radius 2 is 1.76 bits per heavy atom. The van der Waals surface area contributed by atoms with Crippen molar-refractivity contribution in [2.45, 2.75) is 25.9 Å². The van der Waals surface area contributed by atoms with E-state index in [2.05, 4.69) is 15.4 Å². The standard InChI is InChI=1S/C12H13F4NO2.C8H10AsNO5/c1-19-11(16)10(15)12(18)17-5-4-7-2-3-8(13)9(14)6-7;1-5(11)10-8-6(9(13,14)15)3-2-4-7(8)12/h2-3,6,10-11H,4-5H2,1H3,(H,17,18);2-4,12H,1H3,(H,10,11)(H2,13,14,15). The molecule has 14 heteroatoms. The number of carbonyl (C=O) groups is 2. The summed E-state index contributed by atoms with van der Waals surface area (Å²) in [5.74, 6) is -4.02. The molecule has 0 aliphatic carbocycles. The zero-order valence-electron chi connectivity index (χ0n) is 18.0. The molecule has 2 aromatic carbocycles. The van der Waals surface area contributed by atoms with Crippen LogP contribution >= 0.6 is 0 Å². The topological polar surface area (TPSA) is 145 Å². The molecule has 0 radical (unpaired) electrons. The van der Waals surface area contributed by atoms with E-state index in [1.54, 1.807) is 0 Å². The number of anilines is 1. The molecule has 5 N–H and O–H groups in total. The SMILES string of the molecule is CC(=O)Nc1c(O)cccc1[As](=O)(O)O.COC(F)C(F)C(=O)NCCc1ccc(F)c(F)c1. The van der Waals surface area contributed by atoms with Gasteiger partial charge < -0.3 is 10.1 Å². The van der Waals surface area contributed by atoms with Gasteiger partial charge in [0.2, 0.25) is 12.5 Å². The number of benzene rings is 2. The molecule has 9 nitrogen and oxygen atoms in total. The number of phenolic OH excluding ortho intramolecular Hbond substituents is 1. The molecule has 0 saturated heterocycles. The summed E-state index contributed by atoms with van der Waals surface area (Å²) in [4.78, 5) is 21.9. The van der Waals surface area contributed by atoms with Gasteiger partial charge in [-0.3, -0.25) is 4.79 Å². The number of para-hydroxylation sites is 1. The molecule has 2 unspecified atom stereocenters. The number of hydrogen-bond donors (Lipinski definition) is 5. The Morgan fingerprint density at radius 3 is 2.29 bits per heavy atom. The zero-order valence-corrected chi connectivity index (χ0v) is 19.8. The molecule has 188 valence electrons. The van der Waals surface area contributed by atoms with Crippen molar-refractivity contribution in [2.75, 3.05) is 19.0 Å². The van der Waals surface area contributed by atoms with Crippen LogP contribution < -0.4 is 15.0 Å². The van der Waals surface area contributed by atoms with E-state index in [0.29, 0.717) is 5.56 Å². The van der Waals surface area contributed by atoms with E-state index < -0.39 is 50.2 Å². The number of alkyl halides is 2. The van der Waals surface area contributed by atoms with Crippen molar-refractivity contribution in [2.24, 2.45) is 0 Å². The maximum Gasteiger partial charge on any atom is 0.260 e. The summed E-state index contributed by atoms with van der Waals surface area (Å²) in [5, 5.41) is 13.7. The van der Waals surface area contributed by atoms with E-state index in [9.17, 15) is 36.0 Å². The monoisotopic (exact) mass is 554 g/mol. The zero-order chi connectivity index (χ0) is 26.1. The number of nitrogens with one attached hydrogen (secondary N) is 2. The maximum atomic E-state index is 13.0. The van der Waals surface area contributed by atoms with Crippen molar-refractivity contribution in [1.29, 1.82) is 0 Å². The maximum absolute atomic E-state index is 13.0. The minimum absolute atomic E-state index is 0.0270. The minimum Gasteiger partial charge on any atom is -0.353 e. The quantitative estimate of drug-likeness (QED) is 0.185. The predicted octanol–water partition coefficient (Wildman–Crippen LogP) is 0.815. The Morgan fingerprint density at radius 1 is 1.12 bits per heavy atom. The van der Waals surface area contributed by atoms with Gasteiger partial charge in [-0.2, -0.15) is 0 Å². The third kappa shape index (κ3) is 9.18. The van der Waals surface area contributed by atoms with E-state index in [1.165, 1.54) is 31.2 Å². The molecular weight excluding hydrogens is 531 g/mol. The molecule has 2 aromatic rings. The van der Waals surface area contributed by atoms with Gasteiger partial charge >= 0.3 is 88.1 Å². The van der Waals surface area contributed by atoms with Crippen LogP contribution in [-0.4, -0.2) is 65.5 Å². The molecule has 2 atom stereocenters. The van der Waals surface area contributed by atoms with Crippen LogP contribution in [0.2, 0.25) is 0 Å². The average Bonchev–Trinajstić information content (AvgIpc) is 2.75. The van der Waals surface area contributed by atoms with Gasteiger partial charge in [-0.15, -0.1) is 0 Å². The summed E-state index contributed by atoms with van der Waals surface area (Å²) >= 11 is -5.14. The molecule has 0 aromatic heterocycles. The summed E-state index contributed by atoms with van der Waals surface area (Å²) in [6.45, 7) is 1.16. The first-order valence-electron chi connectivity index (χ1n) is 9.46. The Bertz CT molecular complexity index is 1050. The number of carbonyl (C=O) groups excluding carboxylic acids is 2. The van der Waals surface area contributed by atoms with E-state index >= 15 is 0 Å². The molecule has 0 aliphatic rings. The summed E-state index contributed by atoms with van der Waals surface area (Å²) in [7, 11) is 0.936. The van der Waals surface area contributed by atoms with Gasteiger partial charge in [-0.05, 0) is 24.1 Å².